The van der Waals surface area contributed by atoms with Crippen LogP contribution in [-0.4, -0.2) is 13.1 Å². The van der Waals surface area contributed by atoms with Gasteiger partial charge in [0, 0.05) is 13.1 Å². The van der Waals surface area contributed by atoms with Crippen molar-refractivity contribution < 1.29 is 0 Å². The van der Waals surface area contributed by atoms with Gasteiger partial charge in [-0.25, -0.2) is 5.43 Å². The van der Waals surface area contributed by atoms with Crippen LogP contribution < -0.4 is 10.4 Å². The average Bonchev–Trinajstić information content (AvgIpc) is 2.59. The van der Waals surface area contributed by atoms with Gasteiger partial charge in [0.15, 0.2) is 0 Å². The van der Waals surface area contributed by atoms with Crippen molar-refractivity contribution in [3.05, 3.63) is 17.5 Å². The molecule has 1 aromatic heterocycles. The van der Waals surface area contributed by atoms with E-state index in [4.69, 9.17) is 0 Å². The molecule has 0 radical (unpaired) electrons. The van der Waals surface area contributed by atoms with E-state index in [1.54, 1.807) is 11.3 Å². The van der Waals surface area contributed by atoms with Crippen LogP contribution in [-0.2, 0) is 0 Å². The molecule has 1 N–H and O–H groups in total. The largest absolute Gasteiger partial charge is 0.299 e. The van der Waals surface area contributed by atoms with Gasteiger partial charge >= 0.3 is 0 Å². The summed E-state index contributed by atoms with van der Waals surface area (Å²) >= 11 is 1.78. The predicted octanol–water partition coefficient (Wildman–Crippen LogP) is 1.46. The Morgan fingerprint density at radius 3 is 3.20 bits per heavy atom. The Morgan fingerprint density at radius 1 is 1.60 bits per heavy atom. The van der Waals surface area contributed by atoms with Crippen molar-refractivity contribution >= 4 is 16.3 Å². The summed E-state index contributed by atoms with van der Waals surface area (Å²) in [5.41, 5.74) is 3.30. The minimum atomic E-state index is 1.12. The topological polar surface area (TPSA) is 15.3 Å². The standard InChI is InChI=1S/C7H10N2S/c1-3-7(10-6-1)9-5-2-4-8-9/h1,3,6,8H,2,4-5H2. The highest BCUT2D eigenvalue weighted by atomic mass is 32.1. The van der Waals surface area contributed by atoms with E-state index in [1.807, 2.05) is 0 Å². The zero-order chi connectivity index (χ0) is 6.81. The number of hydrazine groups is 1. The van der Waals surface area contributed by atoms with Gasteiger partial charge in [-0.1, -0.05) is 0 Å². The monoisotopic (exact) mass is 154 g/mol. The average molecular weight is 154 g/mol. The summed E-state index contributed by atoms with van der Waals surface area (Å²) < 4.78 is 0. The van der Waals surface area contributed by atoms with E-state index in [1.165, 1.54) is 11.4 Å². The quantitative estimate of drug-likeness (QED) is 0.659. The Morgan fingerprint density at radius 2 is 2.60 bits per heavy atom. The zero-order valence-electron chi connectivity index (χ0n) is 5.71. The predicted molar refractivity (Wildman–Crippen MR) is 44.3 cm³/mol. The highest BCUT2D eigenvalue weighted by Crippen LogP contribution is 2.20. The van der Waals surface area contributed by atoms with Crippen molar-refractivity contribution in [3.8, 4) is 0 Å². The van der Waals surface area contributed by atoms with Crippen LogP contribution >= 0.6 is 11.3 Å². The first-order valence-electron chi connectivity index (χ1n) is 3.51. The maximum absolute atomic E-state index is 3.30. The third-order valence-electron chi connectivity index (χ3n) is 1.63. The number of rotatable bonds is 1. The van der Waals surface area contributed by atoms with Crippen molar-refractivity contribution in [2.24, 2.45) is 0 Å². The molecular weight excluding hydrogens is 144 g/mol. The minimum Gasteiger partial charge on any atom is -0.299 e. The number of hydrogen-bond donors (Lipinski definition) is 1. The molecule has 0 saturated carbocycles. The summed E-state index contributed by atoms with van der Waals surface area (Å²) in [5, 5.41) is 5.65. The molecule has 3 heteroatoms. The molecule has 2 heterocycles. The Bertz CT molecular complexity index is 189. The molecule has 1 aliphatic rings. The van der Waals surface area contributed by atoms with E-state index < -0.39 is 0 Å². The van der Waals surface area contributed by atoms with Crippen LogP contribution in [0.2, 0.25) is 0 Å². The molecule has 1 aliphatic heterocycles. The number of nitrogens with one attached hydrogen (secondary N) is 1. The molecule has 54 valence electrons. The lowest BCUT2D eigenvalue weighted by Crippen LogP contribution is -2.29. The van der Waals surface area contributed by atoms with Gasteiger partial charge in [0.25, 0.3) is 0 Å². The van der Waals surface area contributed by atoms with Crippen molar-refractivity contribution in [3.63, 3.8) is 0 Å². The van der Waals surface area contributed by atoms with E-state index in [2.05, 4.69) is 27.9 Å². The van der Waals surface area contributed by atoms with E-state index in [0.29, 0.717) is 0 Å². The molecule has 2 nitrogen and oxygen atoms in total. The first-order chi connectivity index (χ1) is 4.97. The number of anilines is 1. The molecule has 1 saturated heterocycles. The van der Waals surface area contributed by atoms with E-state index in [9.17, 15) is 0 Å². The summed E-state index contributed by atoms with van der Waals surface area (Å²) in [7, 11) is 0. The van der Waals surface area contributed by atoms with Crippen molar-refractivity contribution in [1.82, 2.24) is 5.43 Å². The van der Waals surface area contributed by atoms with Gasteiger partial charge in [0.05, 0.1) is 0 Å². The Kier molecular flexibility index (Phi) is 1.61. The van der Waals surface area contributed by atoms with Gasteiger partial charge in [-0.2, -0.15) is 0 Å². The third kappa shape index (κ3) is 1.02. The van der Waals surface area contributed by atoms with Crippen LogP contribution in [0.25, 0.3) is 0 Å². The Hall–Kier alpha value is -0.540. The highest BCUT2D eigenvalue weighted by molar-refractivity contribution is 7.14. The van der Waals surface area contributed by atoms with Gasteiger partial charge in [-0.05, 0) is 23.9 Å². The van der Waals surface area contributed by atoms with Crippen LogP contribution in [0.1, 0.15) is 6.42 Å². The third-order valence-corrected chi connectivity index (χ3v) is 2.52. The summed E-state index contributed by atoms with van der Waals surface area (Å²) in [5.74, 6) is 0. The second-order valence-electron chi connectivity index (χ2n) is 2.36. The normalized spacial score (nSPS) is 18.2. The molecule has 2 rings (SSSR count). The molecule has 1 fully saturated rings. The van der Waals surface area contributed by atoms with Crippen molar-refractivity contribution in [2.45, 2.75) is 6.42 Å². The van der Waals surface area contributed by atoms with Gasteiger partial charge in [0.2, 0.25) is 0 Å². The number of nitrogens with zero attached hydrogens (tertiary/aromatic N) is 1. The fourth-order valence-electron chi connectivity index (χ4n) is 1.14. The van der Waals surface area contributed by atoms with Gasteiger partial charge in [-0.3, -0.25) is 5.01 Å². The number of hydrogen-bond acceptors (Lipinski definition) is 3. The molecule has 0 bridgehead atoms. The van der Waals surface area contributed by atoms with Gasteiger partial charge in [-0.15, -0.1) is 11.3 Å². The minimum absolute atomic E-state index is 1.12. The fourth-order valence-corrected chi connectivity index (χ4v) is 1.88. The van der Waals surface area contributed by atoms with E-state index in [-0.39, 0.29) is 0 Å². The number of thiophene rings is 1. The summed E-state index contributed by atoms with van der Waals surface area (Å²) in [6, 6.07) is 4.23. The first-order valence-corrected chi connectivity index (χ1v) is 4.39. The molecule has 10 heavy (non-hydrogen) atoms. The molecular formula is C7H10N2S. The van der Waals surface area contributed by atoms with Gasteiger partial charge in [0.1, 0.15) is 5.00 Å². The van der Waals surface area contributed by atoms with Crippen LogP contribution in [0.4, 0.5) is 5.00 Å². The van der Waals surface area contributed by atoms with Crippen molar-refractivity contribution in [2.75, 3.05) is 18.1 Å². The summed E-state index contributed by atoms with van der Waals surface area (Å²) in [4.78, 5) is 0. The van der Waals surface area contributed by atoms with Crippen molar-refractivity contribution in [1.29, 1.82) is 0 Å². The first kappa shape index (κ1) is 6.19. The lowest BCUT2D eigenvalue weighted by atomic mass is 10.5. The zero-order valence-corrected chi connectivity index (χ0v) is 6.53. The van der Waals surface area contributed by atoms with E-state index in [0.717, 1.165) is 13.1 Å². The van der Waals surface area contributed by atoms with Crippen LogP contribution in [0.3, 0.4) is 0 Å². The lowest BCUT2D eigenvalue weighted by molar-refractivity contribution is 0.795. The molecule has 1 aromatic rings. The SMILES string of the molecule is c1csc(N2CCCN2)c1. The molecule has 0 amide bonds. The second kappa shape index (κ2) is 2.60. The second-order valence-corrected chi connectivity index (χ2v) is 3.29. The smallest absolute Gasteiger partial charge is 0.105 e. The lowest BCUT2D eigenvalue weighted by Gasteiger charge is -2.13. The summed E-state index contributed by atoms with van der Waals surface area (Å²) in [6.07, 6.45) is 1.26. The maximum Gasteiger partial charge on any atom is 0.105 e. The Labute approximate surface area is 64.4 Å². The van der Waals surface area contributed by atoms with Crippen LogP contribution in [0, 0.1) is 0 Å². The molecule has 0 aromatic carbocycles. The van der Waals surface area contributed by atoms with E-state index >= 15 is 0 Å². The summed E-state index contributed by atoms with van der Waals surface area (Å²) in [6.45, 7) is 2.28. The molecule has 0 spiro atoms. The molecule has 0 aliphatic carbocycles. The molecule has 0 atom stereocenters. The maximum atomic E-state index is 3.30. The Balaban J connectivity index is 2.12. The van der Waals surface area contributed by atoms with Crippen LogP contribution in [0.5, 0.6) is 0 Å². The fraction of sp³-hybridized carbons (Fsp3) is 0.429. The van der Waals surface area contributed by atoms with Gasteiger partial charge < -0.3 is 0 Å². The van der Waals surface area contributed by atoms with Crippen LogP contribution in [0.15, 0.2) is 17.5 Å². The highest BCUT2D eigenvalue weighted by Gasteiger charge is 2.11. The molecule has 0 unspecified atom stereocenters.